The maximum Gasteiger partial charge on any atom is 0.128 e. The Morgan fingerprint density at radius 1 is 1.37 bits per heavy atom. The summed E-state index contributed by atoms with van der Waals surface area (Å²) in [5.41, 5.74) is 1.41. The highest BCUT2D eigenvalue weighted by atomic mass is 15.2. The Kier molecular flexibility index (Phi) is 4.46. The van der Waals surface area contributed by atoms with Gasteiger partial charge in [0.15, 0.2) is 0 Å². The molecule has 1 saturated heterocycles. The van der Waals surface area contributed by atoms with Gasteiger partial charge in [0.1, 0.15) is 5.82 Å². The van der Waals surface area contributed by atoms with Crippen LogP contribution in [0.3, 0.4) is 0 Å². The first kappa shape index (κ1) is 14.3. The quantitative estimate of drug-likeness (QED) is 0.902. The normalized spacial score (nSPS) is 20.0. The molecule has 1 unspecified atom stereocenters. The van der Waals surface area contributed by atoms with Gasteiger partial charge in [-0.1, -0.05) is 19.4 Å². The SMILES string of the molecule is CCC1CCN(c2ccc(CNC(C)(C)C)cn2)C1. The molecule has 19 heavy (non-hydrogen) atoms. The first-order valence-corrected chi connectivity index (χ1v) is 7.43. The van der Waals surface area contributed by atoms with E-state index < -0.39 is 0 Å². The summed E-state index contributed by atoms with van der Waals surface area (Å²) < 4.78 is 0. The van der Waals surface area contributed by atoms with Gasteiger partial charge in [-0.05, 0) is 44.7 Å². The van der Waals surface area contributed by atoms with Gasteiger partial charge in [0.25, 0.3) is 0 Å². The van der Waals surface area contributed by atoms with Crippen molar-refractivity contribution in [1.82, 2.24) is 10.3 Å². The van der Waals surface area contributed by atoms with Crippen LogP contribution in [-0.4, -0.2) is 23.6 Å². The predicted molar refractivity (Wildman–Crippen MR) is 81.4 cm³/mol. The molecule has 3 nitrogen and oxygen atoms in total. The van der Waals surface area contributed by atoms with Gasteiger partial charge < -0.3 is 10.2 Å². The van der Waals surface area contributed by atoms with Gasteiger partial charge in [-0.25, -0.2) is 4.98 Å². The number of nitrogens with zero attached hydrogens (tertiary/aromatic N) is 2. The fraction of sp³-hybridized carbons (Fsp3) is 0.688. The lowest BCUT2D eigenvalue weighted by molar-refractivity contribution is 0.424. The molecule has 1 aromatic heterocycles. The van der Waals surface area contributed by atoms with Crippen LogP contribution in [0.2, 0.25) is 0 Å². The van der Waals surface area contributed by atoms with Crippen LogP contribution in [0.4, 0.5) is 5.82 Å². The summed E-state index contributed by atoms with van der Waals surface area (Å²) >= 11 is 0. The Balaban J connectivity index is 1.92. The standard InChI is InChI=1S/C16H27N3/c1-5-13-8-9-19(12-13)15-7-6-14(10-17-15)11-18-16(2,3)4/h6-7,10,13,18H,5,8-9,11-12H2,1-4H3. The predicted octanol–water partition coefficient (Wildman–Crippen LogP) is 3.21. The van der Waals surface area contributed by atoms with Gasteiger partial charge in [0.05, 0.1) is 0 Å². The van der Waals surface area contributed by atoms with Crippen LogP contribution in [0.25, 0.3) is 0 Å². The second-order valence-electron chi connectivity index (χ2n) is 6.64. The van der Waals surface area contributed by atoms with Crippen molar-refractivity contribution in [3.8, 4) is 0 Å². The zero-order valence-electron chi connectivity index (χ0n) is 12.7. The second-order valence-corrected chi connectivity index (χ2v) is 6.64. The Morgan fingerprint density at radius 2 is 2.16 bits per heavy atom. The second kappa shape index (κ2) is 5.91. The fourth-order valence-electron chi connectivity index (χ4n) is 2.45. The molecule has 1 fully saturated rings. The van der Waals surface area contributed by atoms with Crippen molar-refractivity contribution in [2.45, 2.75) is 52.6 Å². The lowest BCUT2D eigenvalue weighted by atomic mass is 10.1. The topological polar surface area (TPSA) is 28.2 Å². The lowest BCUT2D eigenvalue weighted by Crippen LogP contribution is -2.35. The molecule has 0 amide bonds. The Morgan fingerprint density at radius 3 is 2.68 bits per heavy atom. The van der Waals surface area contributed by atoms with Gasteiger partial charge in [-0.3, -0.25) is 0 Å². The molecule has 2 rings (SSSR count). The van der Waals surface area contributed by atoms with E-state index >= 15 is 0 Å². The van der Waals surface area contributed by atoms with Gasteiger partial charge in [-0.2, -0.15) is 0 Å². The van der Waals surface area contributed by atoms with Crippen molar-refractivity contribution in [2.24, 2.45) is 5.92 Å². The molecule has 1 N–H and O–H groups in total. The molecule has 0 aromatic carbocycles. The zero-order valence-corrected chi connectivity index (χ0v) is 12.7. The van der Waals surface area contributed by atoms with Crippen LogP contribution in [0.1, 0.15) is 46.1 Å². The maximum absolute atomic E-state index is 4.62. The molecule has 0 bridgehead atoms. The monoisotopic (exact) mass is 261 g/mol. The van der Waals surface area contributed by atoms with Crippen LogP contribution in [0.15, 0.2) is 18.3 Å². The summed E-state index contributed by atoms with van der Waals surface area (Å²) in [5, 5.41) is 3.49. The van der Waals surface area contributed by atoms with E-state index in [0.717, 1.165) is 24.8 Å². The summed E-state index contributed by atoms with van der Waals surface area (Å²) in [6.07, 6.45) is 4.60. The first-order valence-electron chi connectivity index (χ1n) is 7.43. The van der Waals surface area contributed by atoms with Crippen LogP contribution in [0.5, 0.6) is 0 Å². The van der Waals surface area contributed by atoms with E-state index in [4.69, 9.17) is 0 Å². The molecule has 1 atom stereocenters. The van der Waals surface area contributed by atoms with Gasteiger partial charge >= 0.3 is 0 Å². The third kappa shape index (κ3) is 4.20. The van der Waals surface area contributed by atoms with Crippen molar-refractivity contribution in [1.29, 1.82) is 0 Å². The summed E-state index contributed by atoms with van der Waals surface area (Å²) in [4.78, 5) is 7.03. The van der Waals surface area contributed by atoms with Crippen molar-refractivity contribution in [2.75, 3.05) is 18.0 Å². The van der Waals surface area contributed by atoms with Gasteiger partial charge in [0.2, 0.25) is 0 Å². The number of anilines is 1. The minimum Gasteiger partial charge on any atom is -0.356 e. The summed E-state index contributed by atoms with van der Waals surface area (Å²) in [6.45, 7) is 12.0. The number of hydrogen-bond acceptors (Lipinski definition) is 3. The number of nitrogens with one attached hydrogen (secondary N) is 1. The van der Waals surface area contributed by atoms with E-state index in [0.29, 0.717) is 0 Å². The van der Waals surface area contributed by atoms with Crippen LogP contribution < -0.4 is 10.2 Å². The van der Waals surface area contributed by atoms with Crippen molar-refractivity contribution < 1.29 is 0 Å². The Hall–Kier alpha value is -1.09. The largest absolute Gasteiger partial charge is 0.356 e. The fourth-order valence-corrected chi connectivity index (χ4v) is 2.45. The molecule has 0 saturated carbocycles. The summed E-state index contributed by atoms with van der Waals surface area (Å²) in [5.74, 6) is 1.99. The number of aromatic nitrogens is 1. The molecular formula is C16H27N3. The van der Waals surface area contributed by atoms with Crippen LogP contribution in [-0.2, 0) is 6.54 Å². The Labute approximate surface area is 117 Å². The molecule has 1 aliphatic heterocycles. The Bertz CT molecular complexity index is 391. The molecule has 1 aromatic rings. The van der Waals surface area contributed by atoms with E-state index in [1.54, 1.807) is 0 Å². The van der Waals surface area contributed by atoms with E-state index in [2.05, 4.69) is 55.0 Å². The molecule has 1 aliphatic rings. The van der Waals surface area contributed by atoms with E-state index in [-0.39, 0.29) is 5.54 Å². The number of pyridine rings is 1. The lowest BCUT2D eigenvalue weighted by Gasteiger charge is -2.21. The van der Waals surface area contributed by atoms with Crippen molar-refractivity contribution in [3.63, 3.8) is 0 Å². The van der Waals surface area contributed by atoms with Gasteiger partial charge in [-0.15, -0.1) is 0 Å². The zero-order chi connectivity index (χ0) is 13.9. The molecule has 0 radical (unpaired) electrons. The third-order valence-corrected chi connectivity index (χ3v) is 3.82. The molecule has 0 spiro atoms. The molecular weight excluding hydrogens is 234 g/mol. The van der Waals surface area contributed by atoms with Crippen LogP contribution >= 0.6 is 0 Å². The molecule has 106 valence electrons. The van der Waals surface area contributed by atoms with E-state index in [9.17, 15) is 0 Å². The molecule has 0 aliphatic carbocycles. The first-order chi connectivity index (χ1) is 8.98. The van der Waals surface area contributed by atoms with Gasteiger partial charge in [0, 0.05) is 31.4 Å². The molecule has 3 heteroatoms. The minimum atomic E-state index is 0.155. The van der Waals surface area contributed by atoms with E-state index in [1.165, 1.54) is 24.9 Å². The average molecular weight is 261 g/mol. The highest BCUT2D eigenvalue weighted by molar-refractivity contribution is 5.40. The van der Waals surface area contributed by atoms with Crippen molar-refractivity contribution in [3.05, 3.63) is 23.9 Å². The number of hydrogen-bond donors (Lipinski definition) is 1. The summed E-state index contributed by atoms with van der Waals surface area (Å²) in [7, 11) is 0. The smallest absolute Gasteiger partial charge is 0.128 e. The highest BCUT2D eigenvalue weighted by Gasteiger charge is 2.21. The highest BCUT2D eigenvalue weighted by Crippen LogP contribution is 2.23. The summed E-state index contributed by atoms with van der Waals surface area (Å²) in [6, 6.07) is 4.36. The van der Waals surface area contributed by atoms with Crippen molar-refractivity contribution >= 4 is 5.82 Å². The minimum absolute atomic E-state index is 0.155. The third-order valence-electron chi connectivity index (χ3n) is 3.82. The van der Waals surface area contributed by atoms with Crippen LogP contribution in [0, 0.1) is 5.92 Å². The van der Waals surface area contributed by atoms with E-state index in [1.807, 2.05) is 6.20 Å². The average Bonchev–Trinajstić information content (AvgIpc) is 2.85. The maximum atomic E-state index is 4.62. The molecule has 2 heterocycles. The number of rotatable bonds is 4.